The van der Waals surface area contributed by atoms with Gasteiger partial charge in [0.15, 0.2) is 6.29 Å². The molecule has 0 saturated carbocycles. The molecule has 5 heteroatoms. The molecule has 2 rings (SSSR count). The summed E-state index contributed by atoms with van der Waals surface area (Å²) >= 11 is 5.83. The largest absolute Gasteiger partial charge is 0.351 e. The number of carbonyl (C=O) groups is 1. The van der Waals surface area contributed by atoms with Crippen molar-refractivity contribution in [3.63, 3.8) is 0 Å². The Morgan fingerprint density at radius 1 is 1.23 bits per heavy atom. The first-order valence-corrected chi connectivity index (χ1v) is 8.45. The van der Waals surface area contributed by atoms with Gasteiger partial charge in [0.1, 0.15) is 5.88 Å². The number of nitrogens with zero attached hydrogens (tertiary/aromatic N) is 1. The highest BCUT2D eigenvalue weighted by Crippen LogP contribution is 2.28. The number of hydrogen-bond donors (Lipinski definition) is 0. The summed E-state index contributed by atoms with van der Waals surface area (Å²) in [7, 11) is 0. The van der Waals surface area contributed by atoms with Gasteiger partial charge >= 0.3 is 0 Å². The fourth-order valence-corrected chi connectivity index (χ4v) is 2.89. The number of ether oxygens (including phenoxy) is 2. The van der Waals surface area contributed by atoms with Crippen molar-refractivity contribution >= 4 is 23.2 Å². The van der Waals surface area contributed by atoms with Crippen LogP contribution >= 0.6 is 11.6 Å². The molecule has 22 heavy (non-hydrogen) atoms. The van der Waals surface area contributed by atoms with Crippen LogP contribution in [0.25, 0.3) is 0 Å². The topological polar surface area (TPSA) is 38.8 Å². The monoisotopic (exact) mass is 325 g/mol. The van der Waals surface area contributed by atoms with Crippen LogP contribution in [0, 0.1) is 0 Å². The van der Waals surface area contributed by atoms with Gasteiger partial charge in [-0.2, -0.15) is 0 Å². The van der Waals surface area contributed by atoms with Crippen LogP contribution in [0.3, 0.4) is 0 Å². The molecule has 1 aromatic rings. The maximum Gasteiger partial charge on any atom is 0.242 e. The highest BCUT2D eigenvalue weighted by atomic mass is 35.5. The summed E-state index contributed by atoms with van der Waals surface area (Å²) in [6, 6.07) is 6.16. The van der Waals surface area contributed by atoms with Crippen LogP contribution < -0.4 is 4.90 Å². The van der Waals surface area contributed by atoms with Gasteiger partial charge in [0.2, 0.25) is 5.91 Å². The molecule has 1 aliphatic rings. The van der Waals surface area contributed by atoms with Crippen LogP contribution in [-0.2, 0) is 27.1 Å². The molecule has 0 atom stereocenters. The van der Waals surface area contributed by atoms with Crippen molar-refractivity contribution in [2.45, 2.75) is 39.4 Å². The fraction of sp³-hybridized carbons (Fsp3) is 0.588. The van der Waals surface area contributed by atoms with Crippen LogP contribution in [0.5, 0.6) is 0 Å². The summed E-state index contributed by atoms with van der Waals surface area (Å²) < 4.78 is 11.2. The number of benzene rings is 1. The molecule has 0 N–H and O–H groups in total. The van der Waals surface area contributed by atoms with Gasteiger partial charge in [0.05, 0.1) is 25.4 Å². The van der Waals surface area contributed by atoms with Gasteiger partial charge in [-0.25, -0.2) is 0 Å². The van der Waals surface area contributed by atoms with Gasteiger partial charge in [-0.05, 0) is 30.4 Å². The second-order valence-electron chi connectivity index (χ2n) is 5.29. The van der Waals surface area contributed by atoms with E-state index in [4.69, 9.17) is 21.1 Å². The Labute approximate surface area is 137 Å². The first-order valence-electron chi connectivity index (χ1n) is 7.91. The lowest BCUT2D eigenvalue weighted by Gasteiger charge is -2.32. The smallest absolute Gasteiger partial charge is 0.242 e. The van der Waals surface area contributed by atoms with Crippen molar-refractivity contribution in [2.24, 2.45) is 0 Å². The molecule has 0 aliphatic carbocycles. The van der Waals surface area contributed by atoms with Crippen molar-refractivity contribution < 1.29 is 14.3 Å². The van der Waals surface area contributed by atoms with Crippen molar-refractivity contribution in [3.8, 4) is 0 Å². The number of alkyl halides is 1. The number of anilines is 1. The van der Waals surface area contributed by atoms with Crippen molar-refractivity contribution in [2.75, 3.05) is 30.5 Å². The molecule has 1 fully saturated rings. The van der Waals surface area contributed by atoms with Crippen LogP contribution in [0.4, 0.5) is 5.69 Å². The number of rotatable bonds is 6. The van der Waals surface area contributed by atoms with E-state index >= 15 is 0 Å². The van der Waals surface area contributed by atoms with Crippen molar-refractivity contribution in [1.29, 1.82) is 0 Å². The molecule has 0 spiro atoms. The molecule has 0 aromatic heterocycles. The van der Waals surface area contributed by atoms with Crippen molar-refractivity contribution in [1.82, 2.24) is 0 Å². The Kier molecular flexibility index (Phi) is 6.68. The zero-order valence-electron chi connectivity index (χ0n) is 13.3. The van der Waals surface area contributed by atoms with Gasteiger partial charge in [-0.15, -0.1) is 11.6 Å². The molecule has 122 valence electrons. The Bertz CT molecular complexity index is 478. The Balaban J connectivity index is 2.34. The molecule has 1 aliphatic heterocycles. The average Bonchev–Trinajstić information content (AvgIpc) is 2.59. The normalized spacial score (nSPS) is 15.8. The number of aryl methyl sites for hydroxylation is 2. The number of hydrogen-bond acceptors (Lipinski definition) is 3. The number of amides is 1. The third-order valence-corrected chi connectivity index (χ3v) is 4.11. The quantitative estimate of drug-likeness (QED) is 0.754. The standard InChI is InChI=1S/C17H24ClNO3/c1-3-13-7-5-8-14(4-2)17(13)19(15(20)11-18)12-16-21-9-6-10-22-16/h5,7-8,16H,3-4,6,9-12H2,1-2H3. The lowest BCUT2D eigenvalue weighted by atomic mass is 10.0. The fourth-order valence-electron chi connectivity index (χ4n) is 2.74. The Morgan fingerprint density at radius 3 is 2.32 bits per heavy atom. The molecule has 1 aromatic carbocycles. The van der Waals surface area contributed by atoms with Gasteiger partial charge in [-0.3, -0.25) is 4.79 Å². The number of carbonyl (C=O) groups excluding carboxylic acids is 1. The second kappa shape index (κ2) is 8.51. The van der Waals surface area contributed by atoms with E-state index in [1.807, 2.05) is 6.07 Å². The third kappa shape index (κ3) is 4.00. The van der Waals surface area contributed by atoms with Gasteiger partial charge in [0.25, 0.3) is 0 Å². The summed E-state index contributed by atoms with van der Waals surface area (Å²) in [5.41, 5.74) is 3.26. The Hall–Kier alpha value is -1.10. The predicted octanol–water partition coefficient (Wildman–Crippen LogP) is 3.15. The highest BCUT2D eigenvalue weighted by molar-refractivity contribution is 6.29. The first-order chi connectivity index (χ1) is 10.7. The van der Waals surface area contributed by atoms with E-state index in [1.54, 1.807) is 4.90 Å². The minimum atomic E-state index is -0.379. The average molecular weight is 326 g/mol. The zero-order chi connectivity index (χ0) is 15.9. The molecule has 0 bridgehead atoms. The van der Waals surface area contributed by atoms with E-state index in [0.717, 1.165) is 36.1 Å². The number of halogens is 1. The SMILES string of the molecule is CCc1cccc(CC)c1N(CC1OCCCO1)C(=O)CCl. The van der Waals surface area contributed by atoms with Crippen LogP contribution in [-0.4, -0.2) is 37.8 Å². The third-order valence-electron chi connectivity index (χ3n) is 3.88. The summed E-state index contributed by atoms with van der Waals surface area (Å²) in [4.78, 5) is 14.1. The lowest BCUT2D eigenvalue weighted by Crippen LogP contribution is -2.43. The van der Waals surface area contributed by atoms with E-state index < -0.39 is 0 Å². The van der Waals surface area contributed by atoms with Crippen LogP contribution in [0.1, 0.15) is 31.4 Å². The molecular formula is C17H24ClNO3. The van der Waals surface area contributed by atoms with E-state index in [1.165, 1.54) is 0 Å². The molecule has 0 radical (unpaired) electrons. The van der Waals surface area contributed by atoms with Crippen LogP contribution in [0.15, 0.2) is 18.2 Å². The minimum Gasteiger partial charge on any atom is -0.351 e. The summed E-state index contributed by atoms with van der Waals surface area (Å²) in [5.74, 6) is -0.163. The van der Waals surface area contributed by atoms with Crippen LogP contribution in [0.2, 0.25) is 0 Å². The maximum atomic E-state index is 12.4. The number of para-hydroxylation sites is 1. The van der Waals surface area contributed by atoms with Gasteiger partial charge in [0, 0.05) is 0 Å². The first kappa shape index (κ1) is 17.3. The zero-order valence-corrected chi connectivity index (χ0v) is 14.1. The molecule has 1 saturated heterocycles. The lowest BCUT2D eigenvalue weighted by molar-refractivity contribution is -0.173. The molecular weight excluding hydrogens is 302 g/mol. The summed E-state index contributed by atoms with van der Waals surface area (Å²) in [6.07, 6.45) is 2.24. The molecule has 0 unspecified atom stereocenters. The Morgan fingerprint density at radius 2 is 1.82 bits per heavy atom. The van der Waals surface area contributed by atoms with Gasteiger partial charge in [-0.1, -0.05) is 32.0 Å². The molecule has 1 heterocycles. The minimum absolute atomic E-state index is 0.0477. The van der Waals surface area contributed by atoms with E-state index in [0.29, 0.717) is 19.8 Å². The second-order valence-corrected chi connectivity index (χ2v) is 5.56. The van der Waals surface area contributed by atoms with E-state index in [9.17, 15) is 4.79 Å². The maximum absolute atomic E-state index is 12.4. The van der Waals surface area contributed by atoms with Gasteiger partial charge < -0.3 is 14.4 Å². The van der Waals surface area contributed by atoms with Crippen molar-refractivity contribution in [3.05, 3.63) is 29.3 Å². The summed E-state index contributed by atoms with van der Waals surface area (Å²) in [5, 5.41) is 0. The van der Waals surface area contributed by atoms with E-state index in [2.05, 4.69) is 26.0 Å². The summed E-state index contributed by atoms with van der Waals surface area (Å²) in [6.45, 7) is 5.91. The predicted molar refractivity (Wildman–Crippen MR) is 88.6 cm³/mol. The molecule has 1 amide bonds. The molecule has 4 nitrogen and oxygen atoms in total. The highest BCUT2D eigenvalue weighted by Gasteiger charge is 2.25. The van der Waals surface area contributed by atoms with E-state index in [-0.39, 0.29) is 18.1 Å².